The number of aromatic amines is 1. The van der Waals surface area contributed by atoms with E-state index in [2.05, 4.69) is 56.2 Å². The largest absolute Gasteiger partial charge is 0.378 e. The second kappa shape index (κ2) is 8.33. The van der Waals surface area contributed by atoms with Crippen molar-refractivity contribution in [1.82, 2.24) is 29.7 Å². The standard InChI is InChI=1S/C25H27N7OS/c1-4-19(18-6-7-26-20(18)5-1)23-28-24(32-11-13-33-14-12-32)22-25(29-23)34-21(27-22)16-30-9-10-31-8-2-3-17(31)15-30/h1-2,4-8,17,26H,3,9-16H2/t17-/m0/s1. The lowest BCUT2D eigenvalue weighted by atomic mass is 10.1. The maximum absolute atomic E-state index is 5.61. The molecule has 0 unspecified atom stereocenters. The summed E-state index contributed by atoms with van der Waals surface area (Å²) >= 11 is 1.71. The van der Waals surface area contributed by atoms with E-state index in [1.165, 1.54) is 0 Å². The number of ether oxygens (including phenoxy) is 1. The van der Waals surface area contributed by atoms with Gasteiger partial charge in [-0.25, -0.2) is 15.0 Å². The van der Waals surface area contributed by atoms with Gasteiger partial charge < -0.3 is 19.5 Å². The van der Waals surface area contributed by atoms with Crippen molar-refractivity contribution in [3.63, 3.8) is 0 Å². The van der Waals surface area contributed by atoms with E-state index in [-0.39, 0.29) is 0 Å². The van der Waals surface area contributed by atoms with Crippen LogP contribution >= 0.6 is 11.3 Å². The van der Waals surface area contributed by atoms with Crippen LogP contribution in [0.2, 0.25) is 0 Å². The SMILES string of the molecule is C1=CN2CCN(Cc3nc4c(N5CCOCC5)nc(-c5cccc6[nH]ccc56)nc4s3)C[C@@H]2C1. The molecular weight excluding hydrogens is 446 g/mol. The predicted molar refractivity (Wildman–Crippen MR) is 135 cm³/mol. The van der Waals surface area contributed by atoms with Crippen LogP contribution in [0.1, 0.15) is 11.4 Å². The van der Waals surface area contributed by atoms with Crippen molar-refractivity contribution in [2.45, 2.75) is 19.0 Å². The van der Waals surface area contributed by atoms with Gasteiger partial charge in [-0.1, -0.05) is 29.5 Å². The number of thiazole rings is 1. The number of benzene rings is 1. The molecular formula is C25H27N7OS. The number of rotatable bonds is 4. The number of H-pyrrole nitrogens is 1. The van der Waals surface area contributed by atoms with Crippen LogP contribution in [0.3, 0.4) is 0 Å². The molecule has 34 heavy (non-hydrogen) atoms. The predicted octanol–water partition coefficient (Wildman–Crippen LogP) is 3.47. The highest BCUT2D eigenvalue weighted by Crippen LogP contribution is 2.34. The number of nitrogens with one attached hydrogen (secondary N) is 1. The number of fused-ring (bicyclic) bond motifs is 3. The molecule has 8 nitrogen and oxygen atoms in total. The van der Waals surface area contributed by atoms with Crippen LogP contribution in [0.4, 0.5) is 5.82 Å². The molecule has 0 saturated carbocycles. The number of aromatic nitrogens is 4. The number of hydrogen-bond donors (Lipinski definition) is 1. The lowest BCUT2D eigenvalue weighted by Crippen LogP contribution is -2.48. The van der Waals surface area contributed by atoms with Gasteiger partial charge >= 0.3 is 0 Å². The van der Waals surface area contributed by atoms with Crippen molar-refractivity contribution in [1.29, 1.82) is 0 Å². The van der Waals surface area contributed by atoms with Crippen LogP contribution in [-0.4, -0.2) is 81.7 Å². The zero-order valence-electron chi connectivity index (χ0n) is 19.0. The fourth-order valence-electron chi connectivity index (χ4n) is 5.34. The van der Waals surface area contributed by atoms with E-state index < -0.39 is 0 Å². The molecule has 0 bridgehead atoms. The Bertz CT molecular complexity index is 1370. The van der Waals surface area contributed by atoms with Gasteiger partial charge in [-0.05, 0) is 24.8 Å². The molecule has 1 atom stereocenters. The molecule has 0 spiro atoms. The second-order valence-corrected chi connectivity index (χ2v) is 10.3. The summed E-state index contributed by atoms with van der Waals surface area (Å²) in [5.41, 5.74) is 3.07. The van der Waals surface area contributed by atoms with Crippen molar-refractivity contribution >= 4 is 38.4 Å². The number of morpholine rings is 1. The summed E-state index contributed by atoms with van der Waals surface area (Å²) in [4.78, 5) is 26.8. The van der Waals surface area contributed by atoms with Gasteiger partial charge in [0.2, 0.25) is 0 Å². The van der Waals surface area contributed by atoms with Crippen molar-refractivity contribution in [3.05, 3.63) is 47.7 Å². The molecule has 2 fully saturated rings. The molecule has 0 amide bonds. The molecule has 2 saturated heterocycles. The van der Waals surface area contributed by atoms with Gasteiger partial charge in [0.15, 0.2) is 11.6 Å². The van der Waals surface area contributed by atoms with E-state index in [0.717, 1.165) is 89.2 Å². The first-order valence-corrected chi connectivity index (χ1v) is 12.8. The Morgan fingerprint density at radius 3 is 2.94 bits per heavy atom. The van der Waals surface area contributed by atoms with Crippen molar-refractivity contribution < 1.29 is 4.74 Å². The Labute approximate surface area is 201 Å². The van der Waals surface area contributed by atoms with Crippen molar-refractivity contribution in [2.75, 3.05) is 50.8 Å². The summed E-state index contributed by atoms with van der Waals surface area (Å²) in [5, 5.41) is 2.26. The van der Waals surface area contributed by atoms with E-state index >= 15 is 0 Å². The Morgan fingerprint density at radius 1 is 1.06 bits per heavy atom. The minimum atomic E-state index is 0.611. The number of hydrogen-bond acceptors (Lipinski definition) is 8. The minimum Gasteiger partial charge on any atom is -0.378 e. The summed E-state index contributed by atoms with van der Waals surface area (Å²) in [7, 11) is 0. The second-order valence-electron chi connectivity index (χ2n) is 9.22. The van der Waals surface area contributed by atoms with Crippen LogP contribution in [0.5, 0.6) is 0 Å². The topological polar surface area (TPSA) is 73.4 Å². The van der Waals surface area contributed by atoms with Gasteiger partial charge in [-0.15, -0.1) is 0 Å². The third kappa shape index (κ3) is 3.55. The lowest BCUT2D eigenvalue weighted by molar-refractivity contribution is 0.117. The highest BCUT2D eigenvalue weighted by atomic mass is 32.1. The Hall–Kier alpha value is -3.01. The summed E-state index contributed by atoms with van der Waals surface area (Å²) in [6.45, 7) is 7.19. The summed E-state index contributed by atoms with van der Waals surface area (Å²) < 4.78 is 5.61. The van der Waals surface area contributed by atoms with E-state index in [1.807, 2.05) is 6.20 Å². The van der Waals surface area contributed by atoms with Crippen molar-refractivity contribution in [2.24, 2.45) is 0 Å². The van der Waals surface area contributed by atoms with Crippen LogP contribution < -0.4 is 4.90 Å². The molecule has 1 aromatic carbocycles. The summed E-state index contributed by atoms with van der Waals surface area (Å²) in [6, 6.07) is 8.97. The van der Waals surface area contributed by atoms with Gasteiger partial charge in [0.25, 0.3) is 0 Å². The molecule has 1 N–H and O–H groups in total. The maximum atomic E-state index is 5.61. The first-order valence-electron chi connectivity index (χ1n) is 12.0. The number of anilines is 1. The van der Waals surface area contributed by atoms with Crippen LogP contribution in [0.25, 0.3) is 32.6 Å². The van der Waals surface area contributed by atoms with Gasteiger partial charge in [0, 0.05) is 61.4 Å². The summed E-state index contributed by atoms with van der Waals surface area (Å²) in [6.07, 6.45) is 7.68. The van der Waals surface area contributed by atoms with Gasteiger partial charge in [0.1, 0.15) is 15.4 Å². The van der Waals surface area contributed by atoms with Crippen LogP contribution in [0.15, 0.2) is 42.7 Å². The zero-order valence-corrected chi connectivity index (χ0v) is 19.8. The average molecular weight is 474 g/mol. The smallest absolute Gasteiger partial charge is 0.163 e. The lowest BCUT2D eigenvalue weighted by Gasteiger charge is -2.37. The fraction of sp³-hybridized carbons (Fsp3) is 0.400. The molecule has 0 aliphatic carbocycles. The normalized spacial score (nSPS) is 21.1. The van der Waals surface area contributed by atoms with E-state index in [0.29, 0.717) is 19.3 Å². The van der Waals surface area contributed by atoms with Crippen LogP contribution in [-0.2, 0) is 11.3 Å². The Kier molecular flexibility index (Phi) is 4.99. The van der Waals surface area contributed by atoms with E-state index in [4.69, 9.17) is 19.7 Å². The molecule has 9 heteroatoms. The highest BCUT2D eigenvalue weighted by molar-refractivity contribution is 7.18. The first kappa shape index (κ1) is 20.4. The van der Waals surface area contributed by atoms with Gasteiger partial charge in [0.05, 0.1) is 19.8 Å². The van der Waals surface area contributed by atoms with Crippen LogP contribution in [0, 0.1) is 0 Å². The van der Waals surface area contributed by atoms with E-state index in [9.17, 15) is 0 Å². The molecule has 0 radical (unpaired) electrons. The third-order valence-electron chi connectivity index (χ3n) is 7.11. The minimum absolute atomic E-state index is 0.611. The monoisotopic (exact) mass is 473 g/mol. The summed E-state index contributed by atoms with van der Waals surface area (Å²) in [5.74, 6) is 1.70. The molecule has 4 aromatic rings. The molecule has 3 aliphatic rings. The first-order chi connectivity index (χ1) is 16.8. The zero-order chi connectivity index (χ0) is 22.5. The molecule has 7 rings (SSSR count). The molecule has 6 heterocycles. The third-order valence-corrected chi connectivity index (χ3v) is 8.04. The number of piperazine rings is 1. The number of nitrogens with zero attached hydrogens (tertiary/aromatic N) is 6. The molecule has 3 aliphatic heterocycles. The average Bonchev–Trinajstić information content (AvgIpc) is 3.62. The van der Waals surface area contributed by atoms with E-state index in [1.54, 1.807) is 11.3 Å². The van der Waals surface area contributed by atoms with Gasteiger partial charge in [-0.3, -0.25) is 4.90 Å². The maximum Gasteiger partial charge on any atom is 0.163 e. The highest BCUT2D eigenvalue weighted by Gasteiger charge is 2.28. The Balaban J connectivity index is 1.28. The van der Waals surface area contributed by atoms with Gasteiger partial charge in [-0.2, -0.15) is 0 Å². The quantitative estimate of drug-likeness (QED) is 0.487. The van der Waals surface area contributed by atoms with Crippen molar-refractivity contribution in [3.8, 4) is 11.4 Å². The molecule has 174 valence electrons. The fourth-order valence-corrected chi connectivity index (χ4v) is 6.32. The Morgan fingerprint density at radius 2 is 2.00 bits per heavy atom. The molecule has 3 aromatic heterocycles.